The molecule has 5 rings (SSSR count). The van der Waals surface area contributed by atoms with E-state index >= 15 is 0 Å². The molecule has 2 N–H and O–H groups in total. The van der Waals surface area contributed by atoms with Crippen molar-refractivity contribution < 1.29 is 46.1 Å². The van der Waals surface area contributed by atoms with Gasteiger partial charge in [0.05, 0.1) is 25.9 Å². The number of halogens is 5. The summed E-state index contributed by atoms with van der Waals surface area (Å²) in [6, 6.07) is 20.8. The fraction of sp³-hybridized carbons (Fsp3) is 0.219. The number of anilines is 1. The first-order valence-electron chi connectivity index (χ1n) is 13.4. The van der Waals surface area contributed by atoms with Gasteiger partial charge in [0.2, 0.25) is 5.82 Å². The molecule has 0 aliphatic carbocycles. The molecule has 3 atom stereocenters. The highest BCUT2D eigenvalue weighted by Crippen LogP contribution is 2.41. The lowest BCUT2D eigenvalue weighted by Gasteiger charge is -2.36. The van der Waals surface area contributed by atoms with Crippen LogP contribution in [0, 0.1) is 29.1 Å². The number of methoxy groups -OCH3 is 1. The van der Waals surface area contributed by atoms with E-state index in [1.807, 2.05) is 36.4 Å². The van der Waals surface area contributed by atoms with Crippen molar-refractivity contribution in [3.05, 3.63) is 124 Å². The van der Waals surface area contributed by atoms with Crippen LogP contribution in [0.2, 0.25) is 0 Å². The molecule has 1 saturated heterocycles. The molecule has 4 aromatic carbocycles. The molecule has 0 saturated carbocycles. The zero-order valence-corrected chi connectivity index (χ0v) is 24.0. The van der Waals surface area contributed by atoms with Crippen molar-refractivity contribution in [3.8, 4) is 5.75 Å². The molecule has 1 aliphatic rings. The van der Waals surface area contributed by atoms with Gasteiger partial charge in [-0.2, -0.15) is 0 Å². The molecular weight excluding hydrogens is 605 g/mol. The standard InChI is InChI=1S/C32H26F5NO5S/c1-41-22-7-2-3-8-24(22)44-16-21-14-23(18-11-9-17(15-39)10-12-18)43-32(42-21)19-5-4-6-20(13-19)38-31(40)25-26(33)28(35)30(37)29(36)27(25)34/h2-13,21,23,32,39H,14-16H2,1H3,(H,38,40). The Kier molecular flexibility index (Phi) is 9.84. The molecule has 3 unspecified atom stereocenters. The van der Waals surface area contributed by atoms with Gasteiger partial charge in [0.1, 0.15) is 11.3 Å². The van der Waals surface area contributed by atoms with Crippen LogP contribution in [-0.2, 0) is 16.1 Å². The van der Waals surface area contributed by atoms with Crippen molar-refractivity contribution in [3.63, 3.8) is 0 Å². The first-order chi connectivity index (χ1) is 21.2. The third-order valence-electron chi connectivity index (χ3n) is 6.96. The van der Waals surface area contributed by atoms with Crippen molar-refractivity contribution in [2.24, 2.45) is 0 Å². The number of nitrogens with one attached hydrogen (secondary N) is 1. The van der Waals surface area contributed by atoms with Crippen LogP contribution in [-0.4, -0.2) is 30.0 Å². The minimum atomic E-state index is -2.36. The van der Waals surface area contributed by atoms with Crippen LogP contribution in [0.3, 0.4) is 0 Å². The van der Waals surface area contributed by atoms with Crippen LogP contribution >= 0.6 is 11.8 Å². The predicted molar refractivity (Wildman–Crippen MR) is 153 cm³/mol. The Hall–Kier alpha value is -3.97. The van der Waals surface area contributed by atoms with Gasteiger partial charge in [-0.05, 0) is 35.4 Å². The van der Waals surface area contributed by atoms with E-state index in [-0.39, 0.29) is 18.4 Å². The first kappa shape index (κ1) is 31.5. The third kappa shape index (κ3) is 6.73. The first-order valence-corrected chi connectivity index (χ1v) is 14.4. The number of carbonyl (C=O) groups excluding carboxylic acids is 1. The molecule has 1 heterocycles. The summed E-state index contributed by atoms with van der Waals surface area (Å²) in [5.41, 5.74) is 0.426. The maximum Gasteiger partial charge on any atom is 0.261 e. The minimum absolute atomic E-state index is 0.0120. The lowest BCUT2D eigenvalue weighted by Crippen LogP contribution is -2.31. The van der Waals surface area contributed by atoms with Gasteiger partial charge in [-0.25, -0.2) is 22.0 Å². The zero-order chi connectivity index (χ0) is 31.4. The quantitative estimate of drug-likeness (QED) is 0.0864. The van der Waals surface area contributed by atoms with E-state index in [0.717, 1.165) is 21.8 Å². The van der Waals surface area contributed by atoms with Gasteiger partial charge in [-0.1, -0.05) is 48.5 Å². The highest BCUT2D eigenvalue weighted by atomic mass is 32.2. The Labute approximate surface area is 253 Å². The monoisotopic (exact) mass is 631 g/mol. The molecular formula is C32H26F5NO5S. The number of carbonyl (C=O) groups is 1. The number of amides is 1. The van der Waals surface area contributed by atoms with E-state index in [9.17, 15) is 31.9 Å². The van der Waals surface area contributed by atoms with E-state index in [1.54, 1.807) is 25.3 Å². The fourth-order valence-electron chi connectivity index (χ4n) is 4.70. The Balaban J connectivity index is 1.39. The molecule has 230 valence electrons. The summed E-state index contributed by atoms with van der Waals surface area (Å²) in [4.78, 5) is 13.6. The summed E-state index contributed by atoms with van der Waals surface area (Å²) >= 11 is 1.54. The van der Waals surface area contributed by atoms with Gasteiger partial charge in [0.15, 0.2) is 29.6 Å². The lowest BCUT2D eigenvalue weighted by molar-refractivity contribution is -0.245. The molecule has 4 aromatic rings. The van der Waals surface area contributed by atoms with E-state index in [1.165, 1.54) is 30.0 Å². The summed E-state index contributed by atoms with van der Waals surface area (Å²) in [5.74, 6) is -11.5. The average molecular weight is 632 g/mol. The van der Waals surface area contributed by atoms with Crippen LogP contribution in [0.15, 0.2) is 77.7 Å². The number of para-hydroxylation sites is 1. The average Bonchev–Trinajstić information content (AvgIpc) is 3.05. The van der Waals surface area contributed by atoms with Crippen molar-refractivity contribution >= 4 is 23.4 Å². The maximum atomic E-state index is 14.2. The third-order valence-corrected chi connectivity index (χ3v) is 8.15. The minimum Gasteiger partial charge on any atom is -0.496 e. The second-order valence-electron chi connectivity index (χ2n) is 9.84. The molecule has 1 amide bonds. The topological polar surface area (TPSA) is 77.0 Å². The largest absolute Gasteiger partial charge is 0.496 e. The number of aliphatic hydroxyl groups excluding tert-OH is 1. The van der Waals surface area contributed by atoms with E-state index in [0.29, 0.717) is 17.7 Å². The number of benzene rings is 4. The lowest BCUT2D eigenvalue weighted by atomic mass is 10.0. The second kappa shape index (κ2) is 13.8. The zero-order valence-electron chi connectivity index (χ0n) is 23.2. The fourth-order valence-corrected chi connectivity index (χ4v) is 5.75. The van der Waals surface area contributed by atoms with Gasteiger partial charge in [-0.15, -0.1) is 11.8 Å². The molecule has 44 heavy (non-hydrogen) atoms. The molecule has 0 spiro atoms. The highest BCUT2D eigenvalue weighted by molar-refractivity contribution is 7.99. The molecule has 0 radical (unpaired) electrons. The number of thioether (sulfide) groups is 1. The molecule has 6 nitrogen and oxygen atoms in total. The summed E-state index contributed by atoms with van der Waals surface area (Å²) in [6.07, 6.45) is -1.19. The Morgan fingerprint density at radius 3 is 2.25 bits per heavy atom. The maximum absolute atomic E-state index is 14.2. The van der Waals surface area contributed by atoms with Gasteiger partial charge >= 0.3 is 0 Å². The van der Waals surface area contributed by atoms with E-state index in [2.05, 4.69) is 5.32 Å². The number of hydrogen-bond donors (Lipinski definition) is 2. The van der Waals surface area contributed by atoms with E-state index in [4.69, 9.17) is 14.2 Å². The summed E-state index contributed by atoms with van der Waals surface area (Å²) < 4.78 is 87.3. The van der Waals surface area contributed by atoms with E-state index < -0.39 is 53.0 Å². The van der Waals surface area contributed by atoms with Gasteiger partial charge < -0.3 is 24.6 Å². The van der Waals surface area contributed by atoms with Crippen molar-refractivity contribution in [1.29, 1.82) is 0 Å². The van der Waals surface area contributed by atoms with Crippen LogP contribution in [0.1, 0.15) is 45.9 Å². The van der Waals surface area contributed by atoms with Gasteiger partial charge in [0, 0.05) is 28.3 Å². The molecule has 1 aliphatic heterocycles. The SMILES string of the molecule is COc1ccccc1SCC1CC(c2ccc(CO)cc2)OC(c2cccc(NC(=O)c3c(F)c(F)c(F)c(F)c3F)c2)O1. The summed E-state index contributed by atoms with van der Waals surface area (Å²) in [5, 5.41) is 11.6. The Morgan fingerprint density at radius 2 is 1.57 bits per heavy atom. The number of ether oxygens (including phenoxy) is 3. The number of hydrogen-bond acceptors (Lipinski definition) is 6. The van der Waals surface area contributed by atoms with Crippen molar-refractivity contribution in [2.75, 3.05) is 18.2 Å². The molecule has 0 aromatic heterocycles. The molecule has 1 fully saturated rings. The van der Waals surface area contributed by atoms with Crippen LogP contribution in [0.4, 0.5) is 27.6 Å². The summed E-state index contributed by atoms with van der Waals surface area (Å²) in [7, 11) is 1.59. The molecule has 0 bridgehead atoms. The second-order valence-corrected chi connectivity index (χ2v) is 10.9. The van der Waals surface area contributed by atoms with Crippen molar-refractivity contribution in [1.82, 2.24) is 0 Å². The Morgan fingerprint density at radius 1 is 0.886 bits per heavy atom. The summed E-state index contributed by atoms with van der Waals surface area (Å²) in [6.45, 7) is -0.112. The van der Waals surface area contributed by atoms with Crippen LogP contribution in [0.5, 0.6) is 5.75 Å². The van der Waals surface area contributed by atoms with Crippen molar-refractivity contribution in [2.45, 2.75) is 36.4 Å². The van der Waals surface area contributed by atoms with Crippen LogP contribution in [0.25, 0.3) is 0 Å². The van der Waals surface area contributed by atoms with Gasteiger partial charge in [0.25, 0.3) is 5.91 Å². The smallest absolute Gasteiger partial charge is 0.261 e. The normalized spacial score (nSPS) is 18.2. The predicted octanol–water partition coefficient (Wildman–Crippen LogP) is 7.47. The van der Waals surface area contributed by atoms with Crippen LogP contribution < -0.4 is 10.1 Å². The van der Waals surface area contributed by atoms with Gasteiger partial charge in [-0.3, -0.25) is 4.79 Å². The number of aliphatic hydroxyl groups is 1. The molecule has 12 heteroatoms. The Bertz CT molecular complexity index is 1630. The highest BCUT2D eigenvalue weighted by Gasteiger charge is 2.33. The number of rotatable bonds is 9.